The minimum Gasteiger partial charge on any atom is -0.496 e. The Morgan fingerprint density at radius 3 is 2.72 bits per heavy atom. The van der Waals surface area contributed by atoms with E-state index in [4.69, 9.17) is 4.74 Å². The molecule has 36 heavy (non-hydrogen) atoms. The zero-order chi connectivity index (χ0) is 25.7. The highest BCUT2D eigenvalue weighted by atomic mass is 19.4. The molecule has 1 atom stereocenters. The van der Waals surface area contributed by atoms with Crippen LogP contribution in [0.2, 0.25) is 0 Å². The highest BCUT2D eigenvalue weighted by Crippen LogP contribution is 2.31. The predicted molar refractivity (Wildman–Crippen MR) is 126 cm³/mol. The topological polar surface area (TPSA) is 107 Å². The second kappa shape index (κ2) is 11.0. The molecule has 0 aliphatic carbocycles. The summed E-state index contributed by atoms with van der Waals surface area (Å²) in [7, 11) is 1.57. The molecule has 4 rings (SSSR count). The van der Waals surface area contributed by atoms with E-state index in [1.54, 1.807) is 13.3 Å². The number of amides is 1. The number of carbonyl (C=O) groups is 1. The van der Waals surface area contributed by atoms with Gasteiger partial charge in [-0.1, -0.05) is 0 Å². The van der Waals surface area contributed by atoms with Gasteiger partial charge in [0.05, 0.1) is 37.2 Å². The number of alkyl halides is 3. The van der Waals surface area contributed by atoms with E-state index in [0.29, 0.717) is 50.7 Å². The number of aliphatic hydroxyl groups excluding tert-OH is 1. The minimum atomic E-state index is -4.45. The van der Waals surface area contributed by atoms with Gasteiger partial charge in [0, 0.05) is 55.6 Å². The number of hydrogen-bond acceptors (Lipinski definition) is 7. The molecule has 3 aromatic rings. The number of carbonyl (C=O) groups excluding carboxylic acids is 1. The highest BCUT2D eigenvalue weighted by molar-refractivity contribution is 5.65. The summed E-state index contributed by atoms with van der Waals surface area (Å²) in [5, 5.41) is 19.9. The first kappa shape index (κ1) is 25.5. The first-order chi connectivity index (χ1) is 17.3. The van der Waals surface area contributed by atoms with Crippen LogP contribution in [0.1, 0.15) is 16.7 Å². The number of aromatic amines is 1. The summed E-state index contributed by atoms with van der Waals surface area (Å²) >= 11 is 0. The molecule has 1 aliphatic rings. The molecule has 1 amide bonds. The van der Waals surface area contributed by atoms with Crippen LogP contribution in [0.4, 0.5) is 19.0 Å². The Morgan fingerprint density at radius 2 is 2.06 bits per heavy atom. The number of hydrogen-bond donors (Lipinski definition) is 3. The molecule has 0 radical (unpaired) electrons. The number of aromatic nitrogens is 3. The van der Waals surface area contributed by atoms with Crippen molar-refractivity contribution in [2.75, 3.05) is 38.3 Å². The quantitative estimate of drug-likeness (QED) is 0.385. The van der Waals surface area contributed by atoms with Crippen molar-refractivity contribution in [2.24, 2.45) is 0 Å². The second-order valence-electron chi connectivity index (χ2n) is 8.46. The molecular formula is C24H27F3N6O3. The van der Waals surface area contributed by atoms with E-state index in [1.807, 2.05) is 23.1 Å². The molecule has 0 saturated carbocycles. The first-order valence-corrected chi connectivity index (χ1v) is 11.3. The van der Waals surface area contributed by atoms with E-state index in [2.05, 4.69) is 25.4 Å². The molecule has 192 valence electrons. The van der Waals surface area contributed by atoms with Crippen LogP contribution in [-0.2, 0) is 24.1 Å². The minimum absolute atomic E-state index is 0.164. The van der Waals surface area contributed by atoms with Crippen LogP contribution in [-0.4, -0.2) is 71.0 Å². The Kier molecular flexibility index (Phi) is 7.75. The van der Waals surface area contributed by atoms with Crippen molar-refractivity contribution in [3.8, 4) is 17.0 Å². The molecule has 0 spiro atoms. The van der Waals surface area contributed by atoms with Crippen molar-refractivity contribution in [3.05, 3.63) is 59.4 Å². The number of nitrogens with zero attached hydrogens (tertiary/aromatic N) is 4. The van der Waals surface area contributed by atoms with Gasteiger partial charge in [-0.25, -0.2) is 4.98 Å². The van der Waals surface area contributed by atoms with Crippen LogP contribution in [0.15, 0.2) is 42.7 Å². The molecule has 2 aromatic heterocycles. The molecule has 0 bridgehead atoms. The molecule has 9 nitrogen and oxygen atoms in total. The Balaban J connectivity index is 1.47. The van der Waals surface area contributed by atoms with Crippen molar-refractivity contribution >= 4 is 12.2 Å². The van der Waals surface area contributed by atoms with E-state index in [0.717, 1.165) is 34.6 Å². The normalized spacial score (nSPS) is 16.7. The average molecular weight is 505 g/mol. The summed E-state index contributed by atoms with van der Waals surface area (Å²) in [6.07, 6.45) is -1.24. The van der Waals surface area contributed by atoms with Crippen molar-refractivity contribution in [2.45, 2.75) is 25.3 Å². The SMILES string of the molecule is COc1ccc(-c2[nH]ncc2CN2CCN(c3ccc(C(F)(F)F)cn3)[C@H](CO)C2)cc1CNC=O. The molecule has 3 heterocycles. The molecule has 0 unspecified atom stereocenters. The molecule has 1 aromatic carbocycles. The van der Waals surface area contributed by atoms with Crippen molar-refractivity contribution in [1.82, 2.24) is 25.4 Å². The Labute approximate surface area is 205 Å². The van der Waals surface area contributed by atoms with Gasteiger partial charge in [-0.2, -0.15) is 18.3 Å². The number of piperazine rings is 1. The fourth-order valence-corrected chi connectivity index (χ4v) is 4.39. The monoisotopic (exact) mass is 504 g/mol. The van der Waals surface area contributed by atoms with E-state index in [9.17, 15) is 23.1 Å². The number of pyridine rings is 1. The van der Waals surface area contributed by atoms with Gasteiger partial charge in [-0.05, 0) is 30.3 Å². The summed E-state index contributed by atoms with van der Waals surface area (Å²) in [5.41, 5.74) is 2.68. The molecular weight excluding hydrogens is 477 g/mol. The number of ether oxygens (including phenoxy) is 1. The summed E-state index contributed by atoms with van der Waals surface area (Å²) in [4.78, 5) is 18.7. The first-order valence-electron chi connectivity index (χ1n) is 11.3. The lowest BCUT2D eigenvalue weighted by Crippen LogP contribution is -2.54. The Hall–Kier alpha value is -3.64. The second-order valence-corrected chi connectivity index (χ2v) is 8.46. The lowest BCUT2D eigenvalue weighted by molar-refractivity contribution is -0.137. The van der Waals surface area contributed by atoms with Crippen LogP contribution in [0.3, 0.4) is 0 Å². The van der Waals surface area contributed by atoms with E-state index < -0.39 is 11.7 Å². The summed E-state index contributed by atoms with van der Waals surface area (Å²) in [5.74, 6) is 1.06. The van der Waals surface area contributed by atoms with Crippen LogP contribution in [0.25, 0.3) is 11.3 Å². The van der Waals surface area contributed by atoms with Crippen molar-refractivity contribution in [3.63, 3.8) is 0 Å². The highest BCUT2D eigenvalue weighted by Gasteiger charge is 2.32. The number of anilines is 1. The van der Waals surface area contributed by atoms with Crippen LogP contribution >= 0.6 is 0 Å². The standard InChI is InChI=1S/C24H27F3N6O3/c1-36-21-4-2-16(8-17(21)9-28-15-35)23-18(10-30-31-23)12-32-6-7-33(20(13-32)14-34)22-5-3-19(11-29-22)24(25,26)27/h2-5,8,10-11,15,20,34H,6-7,9,12-14H2,1H3,(H,28,35)(H,30,31)/t20-/m0/s1. The van der Waals surface area contributed by atoms with Gasteiger partial charge in [0.15, 0.2) is 0 Å². The molecule has 3 N–H and O–H groups in total. The van der Waals surface area contributed by atoms with Gasteiger partial charge in [-0.15, -0.1) is 0 Å². The van der Waals surface area contributed by atoms with Gasteiger partial charge in [0.2, 0.25) is 6.41 Å². The zero-order valence-corrected chi connectivity index (χ0v) is 19.6. The van der Waals surface area contributed by atoms with E-state index in [-0.39, 0.29) is 12.6 Å². The van der Waals surface area contributed by atoms with Gasteiger partial charge >= 0.3 is 6.18 Å². The maximum absolute atomic E-state index is 12.9. The third-order valence-electron chi connectivity index (χ3n) is 6.20. The van der Waals surface area contributed by atoms with Gasteiger partial charge in [0.25, 0.3) is 0 Å². The van der Waals surface area contributed by atoms with E-state index in [1.165, 1.54) is 6.07 Å². The van der Waals surface area contributed by atoms with Crippen LogP contribution in [0, 0.1) is 0 Å². The van der Waals surface area contributed by atoms with Gasteiger partial charge in [0.1, 0.15) is 11.6 Å². The Morgan fingerprint density at radius 1 is 1.22 bits per heavy atom. The largest absolute Gasteiger partial charge is 0.496 e. The third kappa shape index (κ3) is 5.60. The third-order valence-corrected chi connectivity index (χ3v) is 6.20. The molecule has 1 saturated heterocycles. The van der Waals surface area contributed by atoms with Crippen LogP contribution in [0.5, 0.6) is 5.75 Å². The smallest absolute Gasteiger partial charge is 0.417 e. The molecule has 1 fully saturated rings. The Bertz CT molecular complexity index is 1170. The summed E-state index contributed by atoms with van der Waals surface area (Å²) in [6.45, 7) is 2.35. The number of aliphatic hydroxyl groups is 1. The van der Waals surface area contributed by atoms with Crippen LogP contribution < -0.4 is 15.0 Å². The number of H-pyrrole nitrogens is 1. The fraction of sp³-hybridized carbons (Fsp3) is 0.375. The number of halogens is 3. The van der Waals surface area contributed by atoms with Crippen molar-refractivity contribution in [1.29, 1.82) is 0 Å². The predicted octanol–water partition coefficient (Wildman–Crippen LogP) is 2.43. The molecule has 1 aliphatic heterocycles. The van der Waals surface area contributed by atoms with Gasteiger partial charge < -0.3 is 20.1 Å². The van der Waals surface area contributed by atoms with Crippen molar-refractivity contribution < 1.29 is 27.8 Å². The van der Waals surface area contributed by atoms with Gasteiger partial charge in [-0.3, -0.25) is 14.8 Å². The summed E-state index contributed by atoms with van der Waals surface area (Å²) < 4.78 is 44.0. The van der Waals surface area contributed by atoms with E-state index >= 15 is 0 Å². The number of benzene rings is 1. The zero-order valence-electron chi connectivity index (χ0n) is 19.6. The average Bonchev–Trinajstić information content (AvgIpc) is 3.34. The maximum atomic E-state index is 12.9. The lowest BCUT2D eigenvalue weighted by Gasteiger charge is -2.41. The maximum Gasteiger partial charge on any atom is 0.417 e. The number of nitrogens with one attached hydrogen (secondary N) is 2. The number of rotatable bonds is 9. The molecule has 12 heteroatoms. The number of methoxy groups -OCH3 is 1. The summed E-state index contributed by atoms with van der Waals surface area (Å²) in [6, 6.07) is 7.70. The lowest BCUT2D eigenvalue weighted by atomic mass is 10.0. The fourth-order valence-electron chi connectivity index (χ4n) is 4.39.